The second-order valence-electron chi connectivity index (χ2n) is 8.77. The number of aromatic nitrogens is 1. The Morgan fingerprint density at radius 3 is 2.67 bits per heavy atom. The molecular formula is C29H24FIN2O5S2. The van der Waals surface area contributed by atoms with Gasteiger partial charge in [-0.2, -0.15) is 0 Å². The van der Waals surface area contributed by atoms with Gasteiger partial charge in [0.2, 0.25) is 0 Å². The molecule has 1 aliphatic heterocycles. The minimum Gasteiger partial charge on any atom is -0.493 e. The molecule has 0 unspecified atom stereocenters. The van der Waals surface area contributed by atoms with E-state index < -0.39 is 12.0 Å². The van der Waals surface area contributed by atoms with E-state index >= 15 is 0 Å². The molecule has 2 aromatic heterocycles. The third kappa shape index (κ3) is 5.63. The third-order valence-corrected chi connectivity index (χ3v) is 8.88. The number of rotatable bonds is 8. The molecule has 3 heterocycles. The molecule has 0 N–H and O–H groups in total. The molecule has 0 radical (unpaired) electrons. The summed E-state index contributed by atoms with van der Waals surface area (Å²) in [5.74, 6) is 0.273. The van der Waals surface area contributed by atoms with Gasteiger partial charge in [0.1, 0.15) is 18.5 Å². The fraction of sp³-hybridized carbons (Fsp3) is 0.207. The Hall–Kier alpha value is -3.29. The van der Waals surface area contributed by atoms with Crippen LogP contribution in [-0.2, 0) is 16.1 Å². The van der Waals surface area contributed by atoms with Crippen molar-refractivity contribution in [3.63, 3.8) is 0 Å². The highest BCUT2D eigenvalue weighted by molar-refractivity contribution is 14.1. The molecule has 4 aromatic rings. The van der Waals surface area contributed by atoms with Crippen LogP contribution < -0.4 is 24.4 Å². The number of fused-ring (bicyclic) bond motifs is 1. The summed E-state index contributed by atoms with van der Waals surface area (Å²) in [6.07, 6.45) is 1.78. The lowest BCUT2D eigenvalue weighted by molar-refractivity contribution is -0.139. The Morgan fingerprint density at radius 2 is 2.00 bits per heavy atom. The molecule has 40 heavy (non-hydrogen) atoms. The van der Waals surface area contributed by atoms with Crippen LogP contribution in [0.1, 0.15) is 35.9 Å². The first kappa shape index (κ1) is 28.2. The van der Waals surface area contributed by atoms with Crippen molar-refractivity contribution in [3.8, 4) is 11.5 Å². The second-order valence-corrected chi connectivity index (χ2v) is 11.9. The fourth-order valence-electron chi connectivity index (χ4n) is 4.36. The Kier molecular flexibility index (Phi) is 8.52. The molecule has 0 fully saturated rings. The van der Waals surface area contributed by atoms with Crippen molar-refractivity contribution in [1.29, 1.82) is 0 Å². The maximum Gasteiger partial charge on any atom is 0.338 e. The quantitative estimate of drug-likeness (QED) is 0.188. The van der Waals surface area contributed by atoms with Crippen molar-refractivity contribution in [2.24, 2.45) is 4.99 Å². The molecule has 7 nitrogen and oxygen atoms in total. The highest BCUT2D eigenvalue weighted by Crippen LogP contribution is 2.35. The average Bonchev–Trinajstić information content (AvgIpc) is 3.56. The van der Waals surface area contributed by atoms with Crippen molar-refractivity contribution in [1.82, 2.24) is 4.57 Å². The first-order chi connectivity index (χ1) is 19.3. The van der Waals surface area contributed by atoms with E-state index in [1.807, 2.05) is 23.6 Å². The summed E-state index contributed by atoms with van der Waals surface area (Å²) < 4.78 is 33.0. The molecule has 0 saturated carbocycles. The molecule has 5 rings (SSSR count). The van der Waals surface area contributed by atoms with E-state index in [1.54, 1.807) is 49.8 Å². The molecular weight excluding hydrogens is 666 g/mol. The Labute approximate surface area is 251 Å². The number of hydrogen-bond acceptors (Lipinski definition) is 8. The van der Waals surface area contributed by atoms with Crippen LogP contribution in [0.5, 0.6) is 11.5 Å². The molecule has 0 aliphatic carbocycles. The molecule has 0 amide bonds. The minimum atomic E-state index is -0.616. The van der Waals surface area contributed by atoms with Crippen molar-refractivity contribution in [3.05, 3.63) is 110 Å². The van der Waals surface area contributed by atoms with Crippen molar-refractivity contribution in [2.75, 3.05) is 13.7 Å². The summed E-state index contributed by atoms with van der Waals surface area (Å²) in [5, 5.41) is 1.91. The van der Waals surface area contributed by atoms with E-state index in [9.17, 15) is 14.0 Å². The van der Waals surface area contributed by atoms with Crippen LogP contribution in [0.25, 0.3) is 6.08 Å². The van der Waals surface area contributed by atoms with Crippen LogP contribution in [-0.4, -0.2) is 24.3 Å². The number of carbonyl (C=O) groups excluding carboxylic acids is 1. The third-order valence-electron chi connectivity index (χ3n) is 6.18. The molecule has 206 valence electrons. The fourth-order valence-corrected chi connectivity index (χ4v) is 7.01. The maximum absolute atomic E-state index is 13.8. The van der Waals surface area contributed by atoms with Crippen molar-refractivity contribution >= 4 is 57.3 Å². The topological polar surface area (TPSA) is 79.1 Å². The number of esters is 1. The molecule has 2 aromatic carbocycles. The van der Waals surface area contributed by atoms with Gasteiger partial charge in [-0.3, -0.25) is 9.36 Å². The van der Waals surface area contributed by atoms with Gasteiger partial charge in [-0.05, 0) is 89.4 Å². The number of hydrogen-bond donors (Lipinski definition) is 0. The van der Waals surface area contributed by atoms with Crippen molar-refractivity contribution < 1.29 is 23.4 Å². The summed E-state index contributed by atoms with van der Waals surface area (Å²) in [6, 6.07) is 13.0. The van der Waals surface area contributed by atoms with Crippen LogP contribution in [0.4, 0.5) is 4.39 Å². The first-order valence-electron chi connectivity index (χ1n) is 12.3. The smallest absolute Gasteiger partial charge is 0.338 e. The monoisotopic (exact) mass is 690 g/mol. The summed E-state index contributed by atoms with van der Waals surface area (Å²) in [4.78, 5) is 32.7. The maximum atomic E-state index is 13.8. The van der Waals surface area contributed by atoms with Crippen LogP contribution in [0, 0.1) is 9.39 Å². The van der Waals surface area contributed by atoms with Gasteiger partial charge in [0.05, 0.1) is 33.1 Å². The molecule has 11 heteroatoms. The zero-order chi connectivity index (χ0) is 28.4. The van der Waals surface area contributed by atoms with E-state index in [-0.39, 0.29) is 24.6 Å². The lowest BCUT2D eigenvalue weighted by atomic mass is 10.0. The van der Waals surface area contributed by atoms with Crippen LogP contribution in [0.3, 0.4) is 0 Å². The van der Waals surface area contributed by atoms with Crippen LogP contribution >= 0.6 is 45.3 Å². The van der Waals surface area contributed by atoms with E-state index in [1.165, 1.54) is 34.8 Å². The number of nitrogens with zero attached hydrogens (tertiary/aromatic N) is 2. The molecule has 1 aliphatic rings. The van der Waals surface area contributed by atoms with Gasteiger partial charge < -0.3 is 14.2 Å². The van der Waals surface area contributed by atoms with E-state index in [0.717, 1.165) is 19.6 Å². The van der Waals surface area contributed by atoms with Gasteiger partial charge in [-0.25, -0.2) is 14.2 Å². The molecule has 1 atom stereocenters. The number of benzene rings is 2. The van der Waals surface area contributed by atoms with Gasteiger partial charge in [-0.1, -0.05) is 29.5 Å². The van der Waals surface area contributed by atoms with Crippen LogP contribution in [0.2, 0.25) is 0 Å². The summed E-state index contributed by atoms with van der Waals surface area (Å²) >= 11 is 4.89. The number of carbonyl (C=O) groups is 1. The Bertz CT molecular complexity index is 1780. The highest BCUT2D eigenvalue weighted by atomic mass is 127. The van der Waals surface area contributed by atoms with E-state index in [4.69, 9.17) is 14.2 Å². The zero-order valence-corrected chi connectivity index (χ0v) is 25.6. The summed E-state index contributed by atoms with van der Waals surface area (Å²) in [6.45, 7) is 3.98. The second kappa shape index (κ2) is 12.1. The predicted octanol–water partition coefficient (Wildman–Crippen LogP) is 5.19. The summed E-state index contributed by atoms with van der Waals surface area (Å²) in [5.41, 5.74) is 2.21. The van der Waals surface area contributed by atoms with Gasteiger partial charge in [-0.15, -0.1) is 11.3 Å². The van der Waals surface area contributed by atoms with Gasteiger partial charge >= 0.3 is 5.97 Å². The summed E-state index contributed by atoms with van der Waals surface area (Å²) in [7, 11) is 1.55. The number of methoxy groups -OCH3 is 1. The largest absolute Gasteiger partial charge is 0.493 e. The lowest BCUT2D eigenvalue weighted by Gasteiger charge is -2.23. The van der Waals surface area contributed by atoms with Gasteiger partial charge in [0, 0.05) is 4.88 Å². The first-order valence-corrected chi connectivity index (χ1v) is 15.1. The van der Waals surface area contributed by atoms with E-state index in [2.05, 4.69) is 27.6 Å². The molecule has 0 bridgehead atoms. The number of thiophene rings is 1. The van der Waals surface area contributed by atoms with Crippen LogP contribution in [0.15, 0.2) is 75.0 Å². The number of allylic oxidation sites excluding steroid dienone is 1. The standard InChI is InChI=1S/C29H24FIN2O5S2/c1-4-37-28(35)24-16(2)32-29-33(25(24)22-6-5-11-39-22)27(34)23(40-29)14-18-12-20(31)26(21(13-18)36-3)38-15-17-7-9-19(30)10-8-17/h5-14,25H,4,15H2,1-3H3/b23-14-/t25-/m1/s1. The SMILES string of the molecule is CCOC(=O)C1=C(C)N=c2s/c(=C\c3cc(I)c(OCc4ccc(F)cc4)c(OC)c3)c(=O)n2[C@@H]1c1cccs1. The molecule has 0 saturated heterocycles. The van der Waals surface area contributed by atoms with Gasteiger partial charge in [0.25, 0.3) is 5.56 Å². The molecule has 0 spiro atoms. The van der Waals surface area contributed by atoms with Crippen molar-refractivity contribution in [2.45, 2.75) is 26.5 Å². The predicted molar refractivity (Wildman–Crippen MR) is 161 cm³/mol. The average molecular weight is 691 g/mol. The zero-order valence-electron chi connectivity index (χ0n) is 21.8. The Morgan fingerprint density at radius 1 is 1.23 bits per heavy atom. The number of thiazole rings is 1. The lowest BCUT2D eigenvalue weighted by Crippen LogP contribution is -2.39. The highest BCUT2D eigenvalue weighted by Gasteiger charge is 2.33. The van der Waals surface area contributed by atoms with E-state index in [0.29, 0.717) is 32.1 Å². The number of halogens is 2. The Balaban J connectivity index is 1.54. The van der Waals surface area contributed by atoms with Gasteiger partial charge in [0.15, 0.2) is 16.3 Å². The number of ether oxygens (including phenoxy) is 3. The normalized spacial score (nSPS) is 15.0. The minimum absolute atomic E-state index is 0.223.